The van der Waals surface area contributed by atoms with E-state index >= 15 is 0 Å². The number of nitrogens with zero attached hydrogens (tertiary/aromatic N) is 5. The summed E-state index contributed by atoms with van der Waals surface area (Å²) in [5.41, 5.74) is 4.73. The van der Waals surface area contributed by atoms with Gasteiger partial charge in [0.15, 0.2) is 11.9 Å². The molecule has 2 saturated heterocycles. The van der Waals surface area contributed by atoms with E-state index in [0.717, 1.165) is 72.8 Å². The zero-order valence-corrected chi connectivity index (χ0v) is 19.3. The van der Waals surface area contributed by atoms with Crippen molar-refractivity contribution in [3.05, 3.63) is 54.4 Å². The maximum absolute atomic E-state index is 6.09. The van der Waals surface area contributed by atoms with Crippen LogP contribution in [0.2, 0.25) is 0 Å². The van der Waals surface area contributed by atoms with Gasteiger partial charge >= 0.3 is 0 Å². The first-order valence-corrected chi connectivity index (χ1v) is 11.9. The zero-order valence-electron chi connectivity index (χ0n) is 19.3. The first-order chi connectivity index (χ1) is 15.6. The number of hydrogen-bond acceptors (Lipinski definition) is 5. The lowest BCUT2D eigenvalue weighted by Crippen LogP contribution is -2.38. The van der Waals surface area contributed by atoms with Crippen molar-refractivity contribution in [2.24, 2.45) is 5.41 Å². The van der Waals surface area contributed by atoms with Crippen LogP contribution in [-0.4, -0.2) is 39.4 Å². The van der Waals surface area contributed by atoms with Crippen LogP contribution in [0, 0.1) is 5.41 Å². The molecular formula is C26H33N5O. The third-order valence-electron chi connectivity index (χ3n) is 7.38. The van der Waals surface area contributed by atoms with Gasteiger partial charge in [-0.15, -0.1) is 0 Å². The molecule has 0 aliphatic carbocycles. The first kappa shape index (κ1) is 21.1. The predicted octanol–water partition coefficient (Wildman–Crippen LogP) is 5.60. The fourth-order valence-corrected chi connectivity index (χ4v) is 4.78. The third kappa shape index (κ3) is 3.92. The molecule has 2 aliphatic rings. The SMILES string of the molecule is C=C(c1ccccc1)c1nn(C2CCCCO2)c2nc(N3CCC(C)(CC)CC3)cnc12. The minimum Gasteiger partial charge on any atom is -0.356 e. The Labute approximate surface area is 190 Å². The van der Waals surface area contributed by atoms with Crippen LogP contribution >= 0.6 is 0 Å². The van der Waals surface area contributed by atoms with Gasteiger partial charge in [0.2, 0.25) is 0 Å². The molecule has 0 N–H and O–H groups in total. The lowest BCUT2D eigenvalue weighted by molar-refractivity contribution is -0.0370. The number of piperidine rings is 1. The summed E-state index contributed by atoms with van der Waals surface area (Å²) >= 11 is 0. The van der Waals surface area contributed by atoms with Crippen molar-refractivity contribution in [2.75, 3.05) is 24.6 Å². The minimum atomic E-state index is -0.0992. The highest BCUT2D eigenvalue weighted by Crippen LogP contribution is 2.36. The summed E-state index contributed by atoms with van der Waals surface area (Å²) in [5, 5.41) is 4.96. The summed E-state index contributed by atoms with van der Waals surface area (Å²) in [6, 6.07) is 10.2. The van der Waals surface area contributed by atoms with Gasteiger partial charge < -0.3 is 9.64 Å². The Morgan fingerprint density at radius 1 is 1.19 bits per heavy atom. The fraction of sp³-hybridized carbons (Fsp3) is 0.500. The topological polar surface area (TPSA) is 56.1 Å². The molecule has 2 fully saturated rings. The van der Waals surface area contributed by atoms with Crippen molar-refractivity contribution in [1.82, 2.24) is 19.7 Å². The summed E-state index contributed by atoms with van der Waals surface area (Å²) in [5.74, 6) is 0.935. The van der Waals surface area contributed by atoms with Crippen LogP contribution in [-0.2, 0) is 4.74 Å². The number of hydrogen-bond donors (Lipinski definition) is 0. The molecule has 0 spiro atoms. The van der Waals surface area contributed by atoms with Crippen LogP contribution in [0.1, 0.15) is 69.9 Å². The summed E-state index contributed by atoms with van der Waals surface area (Å²) in [4.78, 5) is 12.3. The van der Waals surface area contributed by atoms with Crippen molar-refractivity contribution in [3.63, 3.8) is 0 Å². The van der Waals surface area contributed by atoms with Crippen LogP contribution in [0.3, 0.4) is 0 Å². The third-order valence-corrected chi connectivity index (χ3v) is 7.38. The molecule has 1 atom stereocenters. The van der Waals surface area contributed by atoms with Gasteiger partial charge in [0.05, 0.1) is 6.20 Å². The number of aromatic nitrogens is 4. The molecule has 1 aromatic carbocycles. The molecule has 3 aromatic rings. The Morgan fingerprint density at radius 3 is 2.66 bits per heavy atom. The number of anilines is 1. The molecular weight excluding hydrogens is 398 g/mol. The van der Waals surface area contributed by atoms with E-state index in [0.29, 0.717) is 5.41 Å². The van der Waals surface area contributed by atoms with Crippen LogP contribution in [0.4, 0.5) is 5.82 Å². The second-order valence-electron chi connectivity index (χ2n) is 9.51. The molecule has 6 heteroatoms. The van der Waals surface area contributed by atoms with Crippen molar-refractivity contribution in [1.29, 1.82) is 0 Å². The van der Waals surface area contributed by atoms with E-state index in [1.807, 2.05) is 29.1 Å². The Hall–Kier alpha value is -2.73. The van der Waals surface area contributed by atoms with E-state index < -0.39 is 0 Å². The van der Waals surface area contributed by atoms with E-state index in [1.165, 1.54) is 19.3 Å². The van der Waals surface area contributed by atoms with Gasteiger partial charge in [0.1, 0.15) is 17.0 Å². The molecule has 0 saturated carbocycles. The second kappa shape index (κ2) is 8.66. The lowest BCUT2D eigenvalue weighted by Gasteiger charge is -2.39. The Bertz CT molecular complexity index is 1090. The molecule has 4 heterocycles. The summed E-state index contributed by atoms with van der Waals surface area (Å²) < 4.78 is 8.04. The molecule has 168 valence electrons. The maximum atomic E-state index is 6.09. The van der Waals surface area contributed by atoms with E-state index in [4.69, 9.17) is 19.8 Å². The first-order valence-electron chi connectivity index (χ1n) is 11.9. The van der Waals surface area contributed by atoms with E-state index in [-0.39, 0.29) is 6.23 Å². The average Bonchev–Trinajstić information content (AvgIpc) is 3.24. The van der Waals surface area contributed by atoms with Crippen molar-refractivity contribution in [3.8, 4) is 0 Å². The summed E-state index contributed by atoms with van der Waals surface area (Å²) in [6.07, 6.45) is 8.58. The number of ether oxygens (including phenoxy) is 1. The molecule has 0 radical (unpaired) electrons. The van der Waals surface area contributed by atoms with Gasteiger partial charge in [-0.2, -0.15) is 5.10 Å². The van der Waals surface area contributed by atoms with Gasteiger partial charge in [-0.1, -0.05) is 57.2 Å². The molecule has 0 amide bonds. The monoisotopic (exact) mass is 431 g/mol. The van der Waals surface area contributed by atoms with Gasteiger partial charge in [0, 0.05) is 25.3 Å². The number of benzene rings is 1. The maximum Gasteiger partial charge on any atom is 0.182 e. The van der Waals surface area contributed by atoms with Crippen molar-refractivity contribution in [2.45, 2.75) is 58.6 Å². The van der Waals surface area contributed by atoms with Crippen LogP contribution < -0.4 is 4.90 Å². The van der Waals surface area contributed by atoms with Crippen molar-refractivity contribution >= 4 is 22.6 Å². The fourth-order valence-electron chi connectivity index (χ4n) is 4.78. The van der Waals surface area contributed by atoms with Crippen LogP contribution in [0.5, 0.6) is 0 Å². The Kier molecular flexibility index (Phi) is 5.72. The summed E-state index contributed by atoms with van der Waals surface area (Å²) in [7, 11) is 0. The largest absolute Gasteiger partial charge is 0.356 e. The molecule has 6 nitrogen and oxygen atoms in total. The van der Waals surface area contributed by atoms with Crippen LogP contribution in [0.25, 0.3) is 16.7 Å². The van der Waals surface area contributed by atoms with Crippen LogP contribution in [0.15, 0.2) is 43.1 Å². The molecule has 5 rings (SSSR count). The molecule has 32 heavy (non-hydrogen) atoms. The van der Waals surface area contributed by atoms with E-state index in [2.05, 4.69) is 37.5 Å². The Balaban J connectivity index is 1.54. The van der Waals surface area contributed by atoms with E-state index in [9.17, 15) is 0 Å². The smallest absolute Gasteiger partial charge is 0.182 e. The molecule has 2 aromatic heterocycles. The molecule has 1 unspecified atom stereocenters. The number of rotatable bonds is 5. The standard InChI is InChI=1S/C26H33N5O/c1-4-26(3)13-15-30(16-14-26)21-18-27-24-23(19(2)20-10-6-5-7-11-20)29-31(25(24)28-21)22-12-8-9-17-32-22/h5-7,10-11,18,22H,2,4,8-9,12-17H2,1,3H3. The van der Waals surface area contributed by atoms with Crippen molar-refractivity contribution < 1.29 is 4.74 Å². The molecule has 2 aliphatic heterocycles. The summed E-state index contributed by atoms with van der Waals surface area (Å²) in [6.45, 7) is 11.8. The minimum absolute atomic E-state index is 0.0992. The quantitative estimate of drug-likeness (QED) is 0.526. The highest BCUT2D eigenvalue weighted by molar-refractivity contribution is 5.90. The highest BCUT2D eigenvalue weighted by atomic mass is 16.5. The van der Waals surface area contributed by atoms with Gasteiger partial charge in [0.25, 0.3) is 0 Å². The normalized spacial score (nSPS) is 21.1. The average molecular weight is 432 g/mol. The van der Waals surface area contributed by atoms with E-state index in [1.54, 1.807) is 0 Å². The second-order valence-corrected chi connectivity index (χ2v) is 9.51. The van der Waals surface area contributed by atoms with Gasteiger partial charge in [-0.05, 0) is 43.1 Å². The zero-order chi connectivity index (χ0) is 22.1. The van der Waals surface area contributed by atoms with Gasteiger partial charge in [-0.25, -0.2) is 14.6 Å². The Morgan fingerprint density at radius 2 is 1.97 bits per heavy atom. The number of fused-ring (bicyclic) bond motifs is 1. The lowest BCUT2D eigenvalue weighted by atomic mass is 9.78. The molecule has 0 bridgehead atoms. The van der Waals surface area contributed by atoms with Gasteiger partial charge in [-0.3, -0.25) is 0 Å². The predicted molar refractivity (Wildman–Crippen MR) is 129 cm³/mol. The highest BCUT2D eigenvalue weighted by Gasteiger charge is 2.30.